The molecule has 0 aliphatic carbocycles. The fourth-order valence-electron chi connectivity index (χ4n) is 6.59. The Morgan fingerprint density at radius 3 is 2.51 bits per heavy atom. The van der Waals surface area contributed by atoms with Gasteiger partial charge in [0.15, 0.2) is 6.61 Å². The summed E-state index contributed by atoms with van der Waals surface area (Å²) in [5.74, 6) is 1.90. The number of carbonyl (C=O) groups is 1. The summed E-state index contributed by atoms with van der Waals surface area (Å²) in [4.78, 5) is 14.6. The van der Waals surface area contributed by atoms with Gasteiger partial charge in [-0.05, 0) is 72.7 Å². The Labute approximate surface area is 232 Å². The predicted octanol–water partition coefficient (Wildman–Crippen LogP) is 5.46. The molecule has 206 valence electrons. The Kier molecular flexibility index (Phi) is 8.12. The summed E-state index contributed by atoms with van der Waals surface area (Å²) < 4.78 is 17.7. The summed E-state index contributed by atoms with van der Waals surface area (Å²) in [5, 5.41) is 11.2. The summed E-state index contributed by atoms with van der Waals surface area (Å²) in [6, 6.07) is 24.4. The highest BCUT2D eigenvalue weighted by Gasteiger charge is 2.50. The normalized spacial score (nSPS) is 22.9. The van der Waals surface area contributed by atoms with Crippen LogP contribution in [0, 0.1) is 5.92 Å². The van der Waals surface area contributed by atoms with E-state index in [4.69, 9.17) is 14.2 Å². The lowest BCUT2D eigenvalue weighted by Crippen LogP contribution is -2.50. The molecule has 0 spiro atoms. The second-order valence-corrected chi connectivity index (χ2v) is 15.9. The first-order valence-electron chi connectivity index (χ1n) is 13.9. The maximum absolute atomic E-state index is 12.8. The highest BCUT2D eigenvalue weighted by molar-refractivity contribution is 6.91. The molecule has 0 unspecified atom stereocenters. The van der Waals surface area contributed by atoms with Gasteiger partial charge in [-0.15, -0.1) is 0 Å². The first-order valence-corrected chi connectivity index (χ1v) is 17.0. The molecule has 1 saturated heterocycles. The van der Waals surface area contributed by atoms with E-state index in [-0.39, 0.29) is 31.3 Å². The molecule has 0 saturated carbocycles. The van der Waals surface area contributed by atoms with Crippen LogP contribution in [0.25, 0.3) is 0 Å². The van der Waals surface area contributed by atoms with E-state index in [1.165, 1.54) is 10.8 Å². The Morgan fingerprint density at radius 1 is 1.00 bits per heavy atom. The molecular weight excluding hydrogens is 506 g/mol. The topological polar surface area (TPSA) is 68.2 Å². The standard InChI is InChI=1S/C32H39NO5Si/c1-22-28(38-30(18-19-34)32(22)39(3,4)26-15-13-25(36-2)14-16-26)17-12-23-8-7-9-24(20-23)33-27-10-5-6-11-29(27)37-21-31(33)35/h5-11,13-16,20,22,28,30,32,34H,12,17-19,21H2,1-4H3/t22-,28+,30-,32+/m1/s1. The fraction of sp³-hybridized carbons (Fsp3) is 0.406. The number of carbonyl (C=O) groups excluding carboxylic acids is 1. The maximum atomic E-state index is 12.8. The second kappa shape index (κ2) is 11.5. The Balaban J connectivity index is 1.32. The quantitative estimate of drug-likeness (QED) is 0.362. The lowest BCUT2D eigenvalue weighted by atomic mass is 9.95. The number of fused-ring (bicyclic) bond motifs is 1. The van der Waals surface area contributed by atoms with Crippen LogP contribution < -0.4 is 19.6 Å². The number of ether oxygens (including phenoxy) is 3. The monoisotopic (exact) mass is 545 g/mol. The zero-order chi connectivity index (χ0) is 27.6. The molecule has 1 N–H and O–H groups in total. The van der Waals surface area contributed by atoms with Crippen molar-refractivity contribution in [1.29, 1.82) is 0 Å². The maximum Gasteiger partial charge on any atom is 0.269 e. The van der Waals surface area contributed by atoms with Crippen LogP contribution in [-0.4, -0.2) is 51.6 Å². The van der Waals surface area contributed by atoms with Crippen molar-refractivity contribution in [2.24, 2.45) is 5.92 Å². The molecule has 6 nitrogen and oxygen atoms in total. The van der Waals surface area contributed by atoms with E-state index in [0.717, 1.165) is 35.7 Å². The van der Waals surface area contributed by atoms with Gasteiger partial charge in [-0.25, -0.2) is 0 Å². The molecule has 4 atom stereocenters. The molecule has 1 amide bonds. The van der Waals surface area contributed by atoms with E-state index >= 15 is 0 Å². The molecule has 0 radical (unpaired) electrons. The van der Waals surface area contributed by atoms with E-state index in [9.17, 15) is 9.90 Å². The molecule has 1 fully saturated rings. The third-order valence-corrected chi connectivity index (χ3v) is 13.0. The van der Waals surface area contributed by atoms with Gasteiger partial charge in [0.1, 0.15) is 11.5 Å². The number of methoxy groups -OCH3 is 1. The van der Waals surface area contributed by atoms with Crippen molar-refractivity contribution in [2.45, 2.75) is 57.0 Å². The molecule has 3 aromatic carbocycles. The number of benzene rings is 3. The van der Waals surface area contributed by atoms with Crippen LogP contribution in [0.4, 0.5) is 11.4 Å². The first-order chi connectivity index (χ1) is 18.8. The van der Waals surface area contributed by atoms with E-state index in [1.807, 2.05) is 48.5 Å². The lowest BCUT2D eigenvalue weighted by molar-refractivity contribution is -0.120. The number of rotatable bonds is 9. The van der Waals surface area contributed by atoms with Crippen LogP contribution in [0.1, 0.15) is 25.3 Å². The highest BCUT2D eigenvalue weighted by Crippen LogP contribution is 2.46. The minimum atomic E-state index is -1.92. The van der Waals surface area contributed by atoms with Crippen molar-refractivity contribution >= 4 is 30.5 Å². The molecule has 2 heterocycles. The van der Waals surface area contributed by atoms with Gasteiger partial charge in [0, 0.05) is 12.3 Å². The number of para-hydroxylation sites is 2. The van der Waals surface area contributed by atoms with Crippen molar-refractivity contribution in [3.05, 3.63) is 78.4 Å². The van der Waals surface area contributed by atoms with Crippen LogP contribution in [-0.2, 0) is 16.0 Å². The van der Waals surface area contributed by atoms with Gasteiger partial charge >= 0.3 is 0 Å². The summed E-state index contributed by atoms with van der Waals surface area (Å²) in [7, 11) is -0.222. The highest BCUT2D eigenvalue weighted by atomic mass is 28.3. The van der Waals surface area contributed by atoms with Crippen LogP contribution in [0.3, 0.4) is 0 Å². The lowest BCUT2D eigenvalue weighted by Gasteiger charge is -2.36. The van der Waals surface area contributed by atoms with Gasteiger partial charge in [0.2, 0.25) is 0 Å². The smallest absolute Gasteiger partial charge is 0.269 e. The molecule has 2 aliphatic rings. The van der Waals surface area contributed by atoms with E-state index in [2.05, 4.69) is 44.3 Å². The Morgan fingerprint density at radius 2 is 1.77 bits per heavy atom. The van der Waals surface area contributed by atoms with Crippen LogP contribution >= 0.6 is 0 Å². The number of anilines is 2. The fourth-order valence-corrected chi connectivity index (χ4v) is 10.7. The molecular formula is C32H39NO5Si. The number of aliphatic hydroxyl groups is 1. The minimum absolute atomic E-state index is 0.0379. The molecule has 7 heteroatoms. The van der Waals surface area contributed by atoms with Crippen molar-refractivity contribution in [3.8, 4) is 11.5 Å². The summed E-state index contributed by atoms with van der Waals surface area (Å²) in [6.45, 7) is 7.34. The molecule has 0 bridgehead atoms. The van der Waals surface area contributed by atoms with Crippen molar-refractivity contribution < 1.29 is 24.1 Å². The van der Waals surface area contributed by atoms with Gasteiger partial charge in [0.25, 0.3) is 5.91 Å². The number of aryl methyl sites for hydroxylation is 1. The van der Waals surface area contributed by atoms with Crippen LogP contribution in [0.5, 0.6) is 11.5 Å². The molecule has 5 rings (SSSR count). The molecule has 2 aliphatic heterocycles. The molecule has 3 aromatic rings. The predicted molar refractivity (Wildman–Crippen MR) is 157 cm³/mol. The summed E-state index contributed by atoms with van der Waals surface area (Å²) in [5.41, 5.74) is 3.21. The third-order valence-electron chi connectivity index (χ3n) is 8.58. The SMILES string of the molecule is COc1ccc([Si](C)(C)[C@H]2[C@H](C)[C@H](CCc3cccc(N4C(=O)COc5ccccc54)c3)O[C@@H]2CCO)cc1. The van der Waals surface area contributed by atoms with Crippen molar-refractivity contribution in [2.75, 3.05) is 25.2 Å². The van der Waals surface area contributed by atoms with Crippen molar-refractivity contribution in [3.63, 3.8) is 0 Å². The van der Waals surface area contributed by atoms with E-state index < -0.39 is 8.07 Å². The average molecular weight is 546 g/mol. The third kappa shape index (κ3) is 5.48. The zero-order valence-electron chi connectivity index (χ0n) is 23.3. The van der Waals surface area contributed by atoms with Crippen LogP contribution in [0.15, 0.2) is 72.8 Å². The summed E-state index contributed by atoms with van der Waals surface area (Å²) in [6.07, 6.45) is 2.57. The number of aliphatic hydroxyl groups excluding tert-OH is 1. The Bertz CT molecular complexity index is 1290. The number of amides is 1. The largest absolute Gasteiger partial charge is 0.497 e. The number of hydrogen-bond donors (Lipinski definition) is 1. The number of hydrogen-bond acceptors (Lipinski definition) is 5. The Hall–Kier alpha value is -3.13. The minimum Gasteiger partial charge on any atom is -0.497 e. The van der Waals surface area contributed by atoms with Gasteiger partial charge in [-0.1, -0.05) is 61.6 Å². The van der Waals surface area contributed by atoms with Gasteiger partial charge < -0.3 is 19.3 Å². The second-order valence-electron chi connectivity index (χ2n) is 11.3. The van der Waals surface area contributed by atoms with Gasteiger partial charge in [0.05, 0.1) is 33.1 Å². The molecule has 0 aromatic heterocycles. The zero-order valence-corrected chi connectivity index (χ0v) is 24.3. The average Bonchev–Trinajstić information content (AvgIpc) is 3.27. The van der Waals surface area contributed by atoms with E-state index in [1.54, 1.807) is 12.0 Å². The summed E-state index contributed by atoms with van der Waals surface area (Å²) >= 11 is 0. The van der Waals surface area contributed by atoms with E-state index in [0.29, 0.717) is 17.9 Å². The first kappa shape index (κ1) is 27.4. The molecule has 39 heavy (non-hydrogen) atoms. The number of nitrogens with zero attached hydrogens (tertiary/aromatic N) is 1. The van der Waals surface area contributed by atoms with Gasteiger partial charge in [-0.2, -0.15) is 0 Å². The van der Waals surface area contributed by atoms with Crippen molar-refractivity contribution in [1.82, 2.24) is 0 Å². The van der Waals surface area contributed by atoms with Crippen LogP contribution in [0.2, 0.25) is 18.6 Å². The van der Waals surface area contributed by atoms with Gasteiger partial charge in [-0.3, -0.25) is 9.69 Å².